The van der Waals surface area contributed by atoms with Crippen LogP contribution in [-0.4, -0.2) is 27.3 Å². The van der Waals surface area contributed by atoms with Crippen LogP contribution in [0.3, 0.4) is 0 Å². The third-order valence-corrected chi connectivity index (χ3v) is 0.500. The molecule has 0 unspecified atom stereocenters. The van der Waals surface area contributed by atoms with E-state index in [0.717, 1.165) is 0 Å². The first-order valence-corrected chi connectivity index (χ1v) is 1.91. The van der Waals surface area contributed by atoms with E-state index >= 15 is 0 Å². The quantitative estimate of drug-likeness (QED) is 0.619. The summed E-state index contributed by atoms with van der Waals surface area (Å²) in [5.41, 5.74) is 0. The summed E-state index contributed by atoms with van der Waals surface area (Å²) >= 11 is 0. The Morgan fingerprint density at radius 1 is 1.00 bits per heavy atom. The molecule has 0 aromatic heterocycles. The Morgan fingerprint density at radius 3 is 1.20 bits per heavy atom. The van der Waals surface area contributed by atoms with Crippen molar-refractivity contribution in [1.29, 1.82) is 0 Å². The molecular formula is C4H12Pb. The number of unbranched alkanes of at least 4 members (excludes halogenated alkanes) is 1. The monoisotopic (exact) mass is 268 g/mol. The zero-order chi connectivity index (χ0) is 3.41. The number of hydrogen-bond acceptors (Lipinski definition) is 0. The van der Waals surface area contributed by atoms with E-state index < -0.39 is 0 Å². The fraction of sp³-hybridized carbons (Fsp3) is 1.00. The van der Waals surface area contributed by atoms with Crippen molar-refractivity contribution in [1.82, 2.24) is 0 Å². The van der Waals surface area contributed by atoms with Crippen LogP contribution < -0.4 is 0 Å². The Morgan fingerprint density at radius 2 is 1.20 bits per heavy atom. The van der Waals surface area contributed by atoms with Gasteiger partial charge in [0.25, 0.3) is 0 Å². The Hall–Kier alpha value is 0.922. The standard InChI is InChI=1S/C4H10.Pb.2H/c1-3-4-2;;;/h3-4H2,1-2H3;;;. The van der Waals surface area contributed by atoms with Gasteiger partial charge in [0.1, 0.15) is 0 Å². The van der Waals surface area contributed by atoms with Crippen LogP contribution in [0.4, 0.5) is 0 Å². The summed E-state index contributed by atoms with van der Waals surface area (Å²) in [4.78, 5) is 0. The molecule has 0 fully saturated rings. The predicted octanol–water partition coefficient (Wildman–Crippen LogP) is 0.890. The van der Waals surface area contributed by atoms with E-state index in [1.165, 1.54) is 12.8 Å². The van der Waals surface area contributed by atoms with Gasteiger partial charge in [-0.15, -0.1) is 0 Å². The summed E-state index contributed by atoms with van der Waals surface area (Å²) in [6.07, 6.45) is 2.64. The van der Waals surface area contributed by atoms with Crippen LogP contribution in [0.2, 0.25) is 0 Å². The van der Waals surface area contributed by atoms with Crippen molar-refractivity contribution in [3.63, 3.8) is 0 Å². The average molecular weight is 267 g/mol. The molecule has 0 aliphatic carbocycles. The molecule has 32 valence electrons. The van der Waals surface area contributed by atoms with Crippen molar-refractivity contribution in [2.75, 3.05) is 0 Å². The van der Waals surface area contributed by atoms with Gasteiger partial charge in [-0.05, 0) is 0 Å². The maximum atomic E-state index is 2.18. The van der Waals surface area contributed by atoms with Gasteiger partial charge in [0.05, 0.1) is 0 Å². The maximum absolute atomic E-state index is 2.18. The summed E-state index contributed by atoms with van der Waals surface area (Å²) in [7, 11) is 0. The number of hydrogen-bond donors (Lipinski definition) is 0. The fourth-order valence-corrected chi connectivity index (χ4v) is 0. The molecule has 5 heavy (non-hydrogen) atoms. The zero-order valence-corrected chi connectivity index (χ0v) is 9.62. The topological polar surface area (TPSA) is 0 Å². The summed E-state index contributed by atoms with van der Waals surface area (Å²) in [6, 6.07) is 0. The van der Waals surface area contributed by atoms with Gasteiger partial charge in [-0.2, -0.15) is 0 Å². The first-order chi connectivity index (χ1) is 1.91. The molecule has 0 N–H and O–H groups in total. The van der Waals surface area contributed by atoms with E-state index in [-0.39, 0.29) is 27.3 Å². The predicted molar refractivity (Wildman–Crippen MR) is 29.1 cm³/mol. The van der Waals surface area contributed by atoms with Crippen LogP contribution in [0.15, 0.2) is 0 Å². The molecule has 0 amide bonds. The van der Waals surface area contributed by atoms with Gasteiger partial charge in [-0.1, -0.05) is 26.7 Å². The van der Waals surface area contributed by atoms with Crippen LogP contribution in [0.5, 0.6) is 0 Å². The molecule has 2 radical (unpaired) electrons. The van der Waals surface area contributed by atoms with Gasteiger partial charge in [0.15, 0.2) is 0 Å². The van der Waals surface area contributed by atoms with Gasteiger partial charge in [-0.25, -0.2) is 0 Å². The normalized spacial score (nSPS) is 6.00. The Kier molecular flexibility index (Phi) is 16.5. The van der Waals surface area contributed by atoms with Gasteiger partial charge >= 0.3 is 27.3 Å². The van der Waals surface area contributed by atoms with Gasteiger partial charge in [0.2, 0.25) is 0 Å². The first kappa shape index (κ1) is 9.33. The average Bonchev–Trinajstić information content (AvgIpc) is 1.37. The van der Waals surface area contributed by atoms with Crippen molar-refractivity contribution >= 4 is 27.3 Å². The molecule has 0 aromatic carbocycles. The van der Waals surface area contributed by atoms with Crippen LogP contribution >= 0.6 is 0 Å². The third-order valence-electron chi connectivity index (χ3n) is 0.500. The molecule has 0 spiro atoms. The minimum atomic E-state index is 0. The van der Waals surface area contributed by atoms with E-state index in [2.05, 4.69) is 13.8 Å². The Labute approximate surface area is 54.1 Å². The molecule has 0 saturated carbocycles. The Balaban J connectivity index is 0. The summed E-state index contributed by atoms with van der Waals surface area (Å²) in [5.74, 6) is 0. The summed E-state index contributed by atoms with van der Waals surface area (Å²) in [5, 5.41) is 0. The van der Waals surface area contributed by atoms with Crippen LogP contribution in [-0.2, 0) is 0 Å². The molecule has 0 rings (SSSR count). The van der Waals surface area contributed by atoms with Crippen molar-refractivity contribution in [3.8, 4) is 0 Å². The second kappa shape index (κ2) is 8.87. The molecule has 0 bridgehead atoms. The first-order valence-electron chi connectivity index (χ1n) is 1.91. The van der Waals surface area contributed by atoms with Crippen molar-refractivity contribution in [2.45, 2.75) is 26.7 Å². The van der Waals surface area contributed by atoms with E-state index in [1.54, 1.807) is 0 Å². The molecule has 0 aliphatic rings. The van der Waals surface area contributed by atoms with E-state index in [4.69, 9.17) is 0 Å². The SMILES string of the molecule is CCCC.[PbH2]. The van der Waals surface area contributed by atoms with Gasteiger partial charge in [-0.3, -0.25) is 0 Å². The Bertz CT molecular complexity index is 5.61. The van der Waals surface area contributed by atoms with Crippen molar-refractivity contribution in [2.24, 2.45) is 0 Å². The third kappa shape index (κ3) is 11.4. The second-order valence-corrected chi connectivity index (χ2v) is 1.000. The minimum absolute atomic E-state index is 0. The molecule has 0 nitrogen and oxygen atoms in total. The number of rotatable bonds is 1. The molecule has 0 aromatic rings. The van der Waals surface area contributed by atoms with E-state index in [1.807, 2.05) is 0 Å². The van der Waals surface area contributed by atoms with Gasteiger partial charge in [0, 0.05) is 0 Å². The van der Waals surface area contributed by atoms with Crippen LogP contribution in [0.25, 0.3) is 0 Å². The fourth-order valence-electron chi connectivity index (χ4n) is 0. The van der Waals surface area contributed by atoms with E-state index in [0.29, 0.717) is 0 Å². The zero-order valence-electron chi connectivity index (χ0n) is 4.12. The van der Waals surface area contributed by atoms with Crippen LogP contribution in [0, 0.1) is 0 Å². The molecular weight excluding hydrogens is 255 g/mol. The summed E-state index contributed by atoms with van der Waals surface area (Å²) < 4.78 is 0. The molecule has 0 aliphatic heterocycles. The summed E-state index contributed by atoms with van der Waals surface area (Å²) in [6.45, 7) is 4.36. The molecule has 0 heterocycles. The van der Waals surface area contributed by atoms with Crippen LogP contribution in [0.1, 0.15) is 26.7 Å². The second-order valence-electron chi connectivity index (χ2n) is 1.000. The van der Waals surface area contributed by atoms with Crippen molar-refractivity contribution < 1.29 is 0 Å². The molecule has 0 saturated heterocycles. The molecule has 0 atom stereocenters. The van der Waals surface area contributed by atoms with E-state index in [9.17, 15) is 0 Å². The molecule has 1 heteroatoms. The van der Waals surface area contributed by atoms with Gasteiger partial charge < -0.3 is 0 Å². The van der Waals surface area contributed by atoms with Crippen molar-refractivity contribution in [3.05, 3.63) is 0 Å².